The number of nitrogens with two attached hydrogens (primary N) is 1. The molecule has 3 amide bonds. The molecule has 3 atom stereocenters. The number of primary amides is 1. The predicted molar refractivity (Wildman–Crippen MR) is 160 cm³/mol. The Balaban J connectivity index is 1.52. The van der Waals surface area contributed by atoms with Gasteiger partial charge in [-0.15, -0.1) is 0 Å². The van der Waals surface area contributed by atoms with Gasteiger partial charge in [0.1, 0.15) is 24.7 Å². The highest BCUT2D eigenvalue weighted by Gasteiger charge is 2.31. The van der Waals surface area contributed by atoms with E-state index in [4.69, 9.17) is 10.5 Å². The molecule has 0 saturated carbocycles. The van der Waals surface area contributed by atoms with Gasteiger partial charge < -0.3 is 26.4 Å². The first-order valence-corrected chi connectivity index (χ1v) is 13.6. The van der Waals surface area contributed by atoms with E-state index in [1.807, 2.05) is 66.7 Å². The summed E-state index contributed by atoms with van der Waals surface area (Å²) in [5.41, 5.74) is 7.97. The number of rotatable bonds is 13. The Morgan fingerprint density at radius 3 is 2.05 bits per heavy atom. The largest absolute Gasteiger partial charge is 0.461 e. The third kappa shape index (κ3) is 8.02. The number of esters is 1. The van der Waals surface area contributed by atoms with Crippen LogP contribution in [0.1, 0.15) is 29.2 Å². The molecule has 216 valence electrons. The van der Waals surface area contributed by atoms with Crippen LogP contribution >= 0.6 is 0 Å². The number of nitrogens with one attached hydrogen (secondary N) is 3. The molecule has 0 aliphatic carbocycles. The van der Waals surface area contributed by atoms with Crippen molar-refractivity contribution in [3.05, 3.63) is 120 Å². The molecule has 0 unspecified atom stereocenters. The molecule has 4 rings (SSSR count). The number of carbonyl (C=O) groups excluding carboxylic acids is 4. The number of benzene rings is 4. The van der Waals surface area contributed by atoms with Crippen molar-refractivity contribution >= 4 is 34.5 Å². The standard InChI is InChI=1S/C33H34N4O5/c1-35-30(24-14-6-3-7-15-24)33(41)37-28(20-29(38)42-21-22-11-4-2-5-12-22)32(40)36-27(31(34)39)19-25-17-10-16-23-13-8-9-18-26(23)25/h2-18,27-28,30,35H,19-21H2,1H3,(H2,34,39)(H,36,40)(H,37,41)/t27-,28-,30-/m0/s1. The summed E-state index contributed by atoms with van der Waals surface area (Å²) in [4.78, 5) is 52.1. The van der Waals surface area contributed by atoms with Gasteiger partial charge in [0.2, 0.25) is 17.7 Å². The maximum absolute atomic E-state index is 13.5. The van der Waals surface area contributed by atoms with Crippen LogP contribution in [0.5, 0.6) is 0 Å². The fourth-order valence-electron chi connectivity index (χ4n) is 4.71. The first kappa shape index (κ1) is 30.0. The normalized spacial score (nSPS) is 13.0. The number of likely N-dealkylation sites (N-methyl/N-ethyl adjacent to an activating group) is 1. The summed E-state index contributed by atoms with van der Waals surface area (Å²) in [6.07, 6.45) is -0.319. The van der Waals surface area contributed by atoms with Crippen LogP contribution in [0.3, 0.4) is 0 Å². The SMILES string of the molecule is CN[C@H](C(=O)N[C@@H](CC(=O)OCc1ccccc1)C(=O)N[C@@H](Cc1cccc2ccccc12)C(N)=O)c1ccccc1. The smallest absolute Gasteiger partial charge is 0.308 e. The van der Waals surface area contributed by atoms with Crippen molar-refractivity contribution in [1.82, 2.24) is 16.0 Å². The lowest BCUT2D eigenvalue weighted by atomic mass is 9.98. The van der Waals surface area contributed by atoms with Crippen LogP contribution in [0.15, 0.2) is 103 Å². The summed E-state index contributed by atoms with van der Waals surface area (Å²) in [5.74, 6) is -2.69. The zero-order valence-electron chi connectivity index (χ0n) is 23.3. The van der Waals surface area contributed by atoms with Gasteiger partial charge in [-0.3, -0.25) is 19.2 Å². The van der Waals surface area contributed by atoms with E-state index in [1.54, 1.807) is 43.4 Å². The summed E-state index contributed by atoms with van der Waals surface area (Å²) < 4.78 is 5.38. The third-order valence-corrected chi connectivity index (χ3v) is 6.89. The fourth-order valence-corrected chi connectivity index (χ4v) is 4.71. The highest BCUT2D eigenvalue weighted by atomic mass is 16.5. The fraction of sp³-hybridized carbons (Fsp3) is 0.212. The second-order valence-corrected chi connectivity index (χ2v) is 9.85. The molecule has 9 nitrogen and oxygen atoms in total. The molecule has 9 heteroatoms. The van der Waals surface area contributed by atoms with E-state index in [2.05, 4.69) is 16.0 Å². The summed E-state index contributed by atoms with van der Waals surface area (Å²) in [6, 6.07) is 28.2. The van der Waals surface area contributed by atoms with Crippen LogP contribution in [0.25, 0.3) is 10.8 Å². The molecule has 0 spiro atoms. The molecule has 5 N–H and O–H groups in total. The van der Waals surface area contributed by atoms with Crippen molar-refractivity contribution in [3.8, 4) is 0 Å². The molecule has 0 aromatic heterocycles. The molecule has 4 aromatic rings. The maximum Gasteiger partial charge on any atom is 0.308 e. The molecule has 4 aromatic carbocycles. The first-order chi connectivity index (χ1) is 20.4. The minimum Gasteiger partial charge on any atom is -0.461 e. The summed E-state index contributed by atoms with van der Waals surface area (Å²) in [7, 11) is 1.62. The van der Waals surface area contributed by atoms with Gasteiger partial charge in [-0.05, 0) is 34.5 Å². The van der Waals surface area contributed by atoms with Gasteiger partial charge in [0.15, 0.2) is 0 Å². The van der Waals surface area contributed by atoms with E-state index in [0.29, 0.717) is 5.56 Å². The molecule has 0 aliphatic heterocycles. The monoisotopic (exact) mass is 566 g/mol. The van der Waals surface area contributed by atoms with Crippen molar-refractivity contribution in [1.29, 1.82) is 0 Å². The van der Waals surface area contributed by atoms with Crippen molar-refractivity contribution in [2.75, 3.05) is 7.05 Å². The Morgan fingerprint density at radius 1 is 0.738 bits per heavy atom. The molecule has 0 saturated heterocycles. The lowest BCUT2D eigenvalue weighted by Crippen LogP contribution is -2.55. The van der Waals surface area contributed by atoms with Crippen LogP contribution in [0.4, 0.5) is 0 Å². The summed E-state index contributed by atoms with van der Waals surface area (Å²) >= 11 is 0. The number of carbonyl (C=O) groups is 4. The van der Waals surface area contributed by atoms with Crippen LogP contribution in [-0.4, -0.2) is 42.8 Å². The zero-order valence-corrected chi connectivity index (χ0v) is 23.3. The number of amides is 3. The van der Waals surface area contributed by atoms with Gasteiger partial charge in [-0.2, -0.15) is 0 Å². The minimum atomic E-state index is -1.32. The Kier molecular flexibility index (Phi) is 10.4. The van der Waals surface area contributed by atoms with E-state index in [0.717, 1.165) is 21.9 Å². The Bertz CT molecular complexity index is 1520. The molecule has 42 heavy (non-hydrogen) atoms. The summed E-state index contributed by atoms with van der Waals surface area (Å²) in [5, 5.41) is 10.2. The van der Waals surface area contributed by atoms with Gasteiger partial charge in [-0.1, -0.05) is 103 Å². The van der Waals surface area contributed by atoms with Crippen LogP contribution in [0, 0.1) is 0 Å². The molecular weight excluding hydrogens is 532 g/mol. The predicted octanol–water partition coefficient (Wildman–Crippen LogP) is 2.93. The van der Waals surface area contributed by atoms with Gasteiger partial charge in [0.25, 0.3) is 0 Å². The quantitative estimate of drug-likeness (QED) is 0.184. The lowest BCUT2D eigenvalue weighted by Gasteiger charge is -2.24. The van der Waals surface area contributed by atoms with Crippen molar-refractivity contribution < 1.29 is 23.9 Å². The Hall–Kier alpha value is -5.02. The first-order valence-electron chi connectivity index (χ1n) is 13.6. The van der Waals surface area contributed by atoms with Crippen molar-refractivity contribution in [3.63, 3.8) is 0 Å². The minimum absolute atomic E-state index is 0.0100. The highest BCUT2D eigenvalue weighted by molar-refractivity contribution is 5.95. The molecular formula is C33H34N4O5. The number of hydrogen-bond donors (Lipinski definition) is 4. The Labute approximate surface area is 244 Å². The maximum atomic E-state index is 13.5. The van der Waals surface area contributed by atoms with Crippen molar-refractivity contribution in [2.45, 2.75) is 37.6 Å². The van der Waals surface area contributed by atoms with E-state index >= 15 is 0 Å². The van der Waals surface area contributed by atoms with Crippen LogP contribution in [-0.2, 0) is 36.9 Å². The molecule has 0 aliphatic rings. The van der Waals surface area contributed by atoms with E-state index in [-0.39, 0.29) is 13.0 Å². The van der Waals surface area contributed by atoms with E-state index in [9.17, 15) is 19.2 Å². The van der Waals surface area contributed by atoms with Gasteiger partial charge in [0.05, 0.1) is 6.42 Å². The average Bonchev–Trinajstić information content (AvgIpc) is 3.01. The molecule has 0 bridgehead atoms. The van der Waals surface area contributed by atoms with Gasteiger partial charge >= 0.3 is 5.97 Å². The van der Waals surface area contributed by atoms with Gasteiger partial charge in [-0.25, -0.2) is 0 Å². The third-order valence-electron chi connectivity index (χ3n) is 6.89. The summed E-state index contributed by atoms with van der Waals surface area (Å²) in [6.45, 7) is 0.0100. The van der Waals surface area contributed by atoms with Gasteiger partial charge in [0, 0.05) is 6.42 Å². The number of hydrogen-bond acceptors (Lipinski definition) is 6. The lowest BCUT2D eigenvalue weighted by molar-refractivity contribution is -0.147. The van der Waals surface area contributed by atoms with E-state index in [1.165, 1.54) is 0 Å². The zero-order chi connectivity index (χ0) is 29.9. The topological polar surface area (TPSA) is 140 Å². The second kappa shape index (κ2) is 14.6. The molecule has 0 fully saturated rings. The Morgan fingerprint density at radius 2 is 1.36 bits per heavy atom. The van der Waals surface area contributed by atoms with Crippen LogP contribution in [0.2, 0.25) is 0 Å². The molecule has 0 radical (unpaired) electrons. The highest BCUT2D eigenvalue weighted by Crippen LogP contribution is 2.20. The number of fused-ring (bicyclic) bond motifs is 1. The average molecular weight is 567 g/mol. The number of ether oxygens (including phenoxy) is 1. The van der Waals surface area contributed by atoms with E-state index < -0.39 is 48.2 Å². The van der Waals surface area contributed by atoms with Crippen molar-refractivity contribution in [2.24, 2.45) is 5.73 Å². The molecule has 0 heterocycles. The van der Waals surface area contributed by atoms with Crippen LogP contribution < -0.4 is 21.7 Å². The second-order valence-electron chi connectivity index (χ2n) is 9.85.